The number of aromatic nitrogens is 1. The van der Waals surface area contributed by atoms with E-state index in [2.05, 4.69) is 11.1 Å². The standard InChI is InChI=1S/C23H26N4O2/c1-15(2)22(28)26-11-9-16(10-12-26)20-8-7-17(13-25-20)21-19-6-4-3-5-18(19)14-27(21)23(24)29/h3-9,13,15,21H,10-12,14H2,1-2H3,(H2,24,29). The van der Waals surface area contributed by atoms with Gasteiger partial charge in [0, 0.05) is 31.7 Å². The van der Waals surface area contributed by atoms with Crippen molar-refractivity contribution in [2.45, 2.75) is 32.9 Å². The van der Waals surface area contributed by atoms with E-state index in [1.807, 2.05) is 61.3 Å². The highest BCUT2D eigenvalue weighted by atomic mass is 16.2. The van der Waals surface area contributed by atoms with Crippen LogP contribution in [0.5, 0.6) is 0 Å². The molecule has 1 aromatic carbocycles. The Morgan fingerprint density at radius 1 is 1.17 bits per heavy atom. The largest absolute Gasteiger partial charge is 0.351 e. The molecule has 0 saturated heterocycles. The lowest BCUT2D eigenvalue weighted by molar-refractivity contribution is -0.134. The number of hydrogen-bond donors (Lipinski definition) is 1. The SMILES string of the molecule is CC(C)C(=O)N1CC=C(c2ccc(C3c4ccccc4CN3C(N)=O)cn2)CC1. The molecule has 1 aromatic heterocycles. The molecule has 2 aliphatic rings. The predicted octanol–water partition coefficient (Wildman–Crippen LogP) is 3.34. The number of amides is 3. The first-order chi connectivity index (χ1) is 14.0. The summed E-state index contributed by atoms with van der Waals surface area (Å²) in [6, 6.07) is 11.4. The van der Waals surface area contributed by atoms with Crippen molar-refractivity contribution in [2.75, 3.05) is 13.1 Å². The summed E-state index contributed by atoms with van der Waals surface area (Å²) < 4.78 is 0. The highest BCUT2D eigenvalue weighted by molar-refractivity contribution is 5.79. The van der Waals surface area contributed by atoms with Crippen LogP contribution >= 0.6 is 0 Å². The third-order valence-corrected chi connectivity index (χ3v) is 5.73. The molecule has 0 spiro atoms. The molecule has 2 aliphatic heterocycles. The Bertz CT molecular complexity index is 965. The molecule has 2 N–H and O–H groups in total. The number of nitrogens with zero attached hydrogens (tertiary/aromatic N) is 3. The maximum absolute atomic E-state index is 12.2. The molecular formula is C23H26N4O2. The zero-order valence-corrected chi connectivity index (χ0v) is 16.8. The molecule has 1 atom stereocenters. The van der Waals surface area contributed by atoms with Crippen molar-refractivity contribution < 1.29 is 9.59 Å². The summed E-state index contributed by atoms with van der Waals surface area (Å²) in [6.45, 7) is 5.72. The van der Waals surface area contributed by atoms with Crippen molar-refractivity contribution in [3.05, 3.63) is 71.1 Å². The maximum Gasteiger partial charge on any atom is 0.315 e. The normalized spacial score (nSPS) is 18.6. The lowest BCUT2D eigenvalue weighted by Gasteiger charge is -2.28. The topological polar surface area (TPSA) is 79.5 Å². The smallest absolute Gasteiger partial charge is 0.315 e. The van der Waals surface area contributed by atoms with E-state index in [-0.39, 0.29) is 17.9 Å². The number of primary amides is 1. The maximum atomic E-state index is 12.2. The van der Waals surface area contributed by atoms with Gasteiger partial charge in [0.1, 0.15) is 0 Å². The van der Waals surface area contributed by atoms with Crippen LogP contribution in [0.1, 0.15) is 48.7 Å². The summed E-state index contributed by atoms with van der Waals surface area (Å²) in [5.41, 5.74) is 10.9. The highest BCUT2D eigenvalue weighted by Gasteiger charge is 2.33. The van der Waals surface area contributed by atoms with E-state index in [0.717, 1.165) is 40.9 Å². The second-order valence-corrected chi connectivity index (χ2v) is 7.96. The Morgan fingerprint density at radius 3 is 2.59 bits per heavy atom. The van der Waals surface area contributed by atoms with Crippen LogP contribution in [-0.4, -0.2) is 39.8 Å². The number of hydrogen-bond acceptors (Lipinski definition) is 3. The third kappa shape index (κ3) is 3.62. The third-order valence-electron chi connectivity index (χ3n) is 5.73. The summed E-state index contributed by atoms with van der Waals surface area (Å²) in [5.74, 6) is 0.208. The van der Waals surface area contributed by atoms with Gasteiger partial charge < -0.3 is 15.5 Å². The van der Waals surface area contributed by atoms with Crippen molar-refractivity contribution >= 4 is 17.5 Å². The van der Waals surface area contributed by atoms with Crippen molar-refractivity contribution in [1.29, 1.82) is 0 Å². The number of pyridine rings is 1. The van der Waals surface area contributed by atoms with Crippen molar-refractivity contribution in [3.8, 4) is 0 Å². The van der Waals surface area contributed by atoms with Gasteiger partial charge in [-0.05, 0) is 34.8 Å². The van der Waals surface area contributed by atoms with Crippen LogP contribution in [0.15, 0.2) is 48.7 Å². The van der Waals surface area contributed by atoms with E-state index >= 15 is 0 Å². The van der Waals surface area contributed by atoms with Gasteiger partial charge >= 0.3 is 6.03 Å². The minimum Gasteiger partial charge on any atom is -0.351 e. The van der Waals surface area contributed by atoms with Gasteiger partial charge in [-0.25, -0.2) is 4.79 Å². The summed E-state index contributed by atoms with van der Waals surface area (Å²) >= 11 is 0. The molecule has 0 saturated carbocycles. The first kappa shape index (κ1) is 19.2. The molecule has 0 bridgehead atoms. The Labute approximate surface area is 171 Å². The number of fused-ring (bicyclic) bond motifs is 1. The average Bonchev–Trinajstić information content (AvgIpc) is 3.13. The van der Waals surface area contributed by atoms with Crippen molar-refractivity contribution in [3.63, 3.8) is 0 Å². The van der Waals surface area contributed by atoms with E-state index in [1.54, 1.807) is 4.90 Å². The average molecular weight is 390 g/mol. The van der Waals surface area contributed by atoms with Crippen LogP contribution in [0, 0.1) is 5.92 Å². The lowest BCUT2D eigenvalue weighted by atomic mass is 9.97. The van der Waals surface area contributed by atoms with Crippen LogP contribution in [-0.2, 0) is 11.3 Å². The quantitative estimate of drug-likeness (QED) is 0.873. The predicted molar refractivity (Wildman–Crippen MR) is 112 cm³/mol. The molecule has 0 radical (unpaired) electrons. The molecule has 3 heterocycles. The second kappa shape index (κ2) is 7.70. The number of benzene rings is 1. The van der Waals surface area contributed by atoms with Gasteiger partial charge in [0.2, 0.25) is 5.91 Å². The first-order valence-electron chi connectivity index (χ1n) is 10.0. The van der Waals surface area contributed by atoms with Gasteiger partial charge in [-0.3, -0.25) is 9.78 Å². The van der Waals surface area contributed by atoms with Gasteiger partial charge in [-0.2, -0.15) is 0 Å². The van der Waals surface area contributed by atoms with Gasteiger partial charge in [0.15, 0.2) is 0 Å². The fraction of sp³-hybridized carbons (Fsp3) is 0.348. The molecule has 150 valence electrons. The van der Waals surface area contributed by atoms with E-state index in [9.17, 15) is 9.59 Å². The van der Waals surface area contributed by atoms with Crippen LogP contribution < -0.4 is 5.73 Å². The highest BCUT2D eigenvalue weighted by Crippen LogP contribution is 2.38. The molecule has 3 amide bonds. The molecule has 2 aromatic rings. The fourth-order valence-corrected chi connectivity index (χ4v) is 4.18. The number of nitrogens with two attached hydrogens (primary N) is 1. The van der Waals surface area contributed by atoms with Crippen LogP contribution in [0.3, 0.4) is 0 Å². The Kier molecular flexibility index (Phi) is 5.09. The van der Waals surface area contributed by atoms with E-state index in [0.29, 0.717) is 13.1 Å². The fourth-order valence-electron chi connectivity index (χ4n) is 4.18. The van der Waals surface area contributed by atoms with Crippen LogP contribution in [0.4, 0.5) is 4.79 Å². The van der Waals surface area contributed by atoms with Gasteiger partial charge in [-0.15, -0.1) is 0 Å². The monoisotopic (exact) mass is 390 g/mol. The number of urea groups is 1. The van der Waals surface area contributed by atoms with Crippen LogP contribution in [0.2, 0.25) is 0 Å². The molecule has 0 aliphatic carbocycles. The summed E-state index contributed by atoms with van der Waals surface area (Å²) in [4.78, 5) is 32.4. The van der Waals surface area contributed by atoms with Gasteiger partial charge in [0.25, 0.3) is 0 Å². The Hall–Kier alpha value is -3.15. The molecule has 0 fully saturated rings. The molecule has 4 rings (SSSR count). The summed E-state index contributed by atoms with van der Waals surface area (Å²) in [5, 5.41) is 0. The summed E-state index contributed by atoms with van der Waals surface area (Å²) in [6.07, 6.45) is 4.72. The zero-order chi connectivity index (χ0) is 20.5. The minimum atomic E-state index is -0.430. The second-order valence-electron chi connectivity index (χ2n) is 7.96. The molecule has 29 heavy (non-hydrogen) atoms. The van der Waals surface area contributed by atoms with Gasteiger partial charge in [-0.1, -0.05) is 50.3 Å². The number of rotatable bonds is 3. The zero-order valence-electron chi connectivity index (χ0n) is 16.8. The van der Waals surface area contributed by atoms with Gasteiger partial charge in [0.05, 0.1) is 11.7 Å². The molecular weight excluding hydrogens is 364 g/mol. The molecule has 6 nitrogen and oxygen atoms in total. The summed E-state index contributed by atoms with van der Waals surface area (Å²) in [7, 11) is 0. The molecule has 1 unspecified atom stereocenters. The van der Waals surface area contributed by atoms with E-state index in [1.165, 1.54) is 0 Å². The first-order valence-corrected chi connectivity index (χ1v) is 10.0. The van der Waals surface area contributed by atoms with Crippen LogP contribution in [0.25, 0.3) is 5.57 Å². The minimum absolute atomic E-state index is 0.0184. The van der Waals surface area contributed by atoms with Crippen molar-refractivity contribution in [2.24, 2.45) is 11.7 Å². The molecule has 6 heteroatoms. The van der Waals surface area contributed by atoms with E-state index in [4.69, 9.17) is 5.73 Å². The number of carbonyl (C=O) groups is 2. The Morgan fingerprint density at radius 2 is 1.97 bits per heavy atom. The van der Waals surface area contributed by atoms with Crippen molar-refractivity contribution in [1.82, 2.24) is 14.8 Å². The lowest BCUT2D eigenvalue weighted by Crippen LogP contribution is -2.37. The Balaban J connectivity index is 1.55. The van der Waals surface area contributed by atoms with E-state index < -0.39 is 6.03 Å². The number of carbonyl (C=O) groups excluding carboxylic acids is 2.